The van der Waals surface area contributed by atoms with Crippen LogP contribution in [0.4, 0.5) is 5.69 Å². The van der Waals surface area contributed by atoms with Crippen molar-refractivity contribution in [3.05, 3.63) is 48.3 Å². The molecule has 2 aromatic heterocycles. The first-order valence-corrected chi connectivity index (χ1v) is 9.73. The average Bonchev–Trinajstić information content (AvgIpc) is 3.12. The number of pyridine rings is 1. The van der Waals surface area contributed by atoms with Crippen molar-refractivity contribution >= 4 is 11.3 Å². The summed E-state index contributed by atoms with van der Waals surface area (Å²) in [5, 5.41) is 0. The summed E-state index contributed by atoms with van der Waals surface area (Å²) in [6.07, 6.45) is 9.04. The quantitative estimate of drug-likeness (QED) is 0.643. The first-order chi connectivity index (χ1) is 12.8. The van der Waals surface area contributed by atoms with Gasteiger partial charge in [-0.2, -0.15) is 0 Å². The van der Waals surface area contributed by atoms with E-state index in [0.717, 1.165) is 48.8 Å². The predicted molar refractivity (Wildman–Crippen MR) is 107 cm³/mol. The maximum absolute atomic E-state index is 6.12. The number of aromatic nitrogens is 2. The van der Waals surface area contributed by atoms with Gasteiger partial charge in [-0.05, 0) is 56.4 Å². The summed E-state index contributed by atoms with van der Waals surface area (Å²) in [4.78, 5) is 7.33. The molecule has 0 N–H and O–H groups in total. The number of ether oxygens (including phenoxy) is 1. The second-order valence-corrected chi connectivity index (χ2v) is 7.12. The Morgan fingerprint density at radius 3 is 2.73 bits per heavy atom. The molecule has 0 amide bonds. The number of fused-ring (bicyclic) bond motifs is 1. The number of hydrogen-bond acceptors (Lipinski definition) is 3. The molecule has 1 aliphatic heterocycles. The van der Waals surface area contributed by atoms with Crippen molar-refractivity contribution in [1.29, 1.82) is 0 Å². The molecule has 0 unspecified atom stereocenters. The lowest BCUT2D eigenvalue weighted by Gasteiger charge is -2.29. The van der Waals surface area contributed by atoms with Crippen LogP contribution in [0.3, 0.4) is 0 Å². The highest BCUT2D eigenvalue weighted by molar-refractivity contribution is 5.73. The van der Waals surface area contributed by atoms with Crippen molar-refractivity contribution in [2.24, 2.45) is 0 Å². The van der Waals surface area contributed by atoms with E-state index < -0.39 is 0 Å². The minimum absolute atomic E-state index is 0.725. The van der Waals surface area contributed by atoms with E-state index in [0.29, 0.717) is 0 Å². The number of benzene rings is 1. The molecule has 0 bridgehead atoms. The highest BCUT2D eigenvalue weighted by Crippen LogP contribution is 2.34. The highest BCUT2D eigenvalue weighted by Gasteiger charge is 2.16. The fourth-order valence-corrected chi connectivity index (χ4v) is 3.69. The van der Waals surface area contributed by atoms with Crippen LogP contribution in [0, 0.1) is 6.92 Å². The Hall–Kier alpha value is -2.49. The molecule has 0 saturated carbocycles. The van der Waals surface area contributed by atoms with Crippen molar-refractivity contribution in [2.45, 2.75) is 39.5 Å². The third-order valence-corrected chi connectivity index (χ3v) is 5.10. The Labute approximate surface area is 155 Å². The summed E-state index contributed by atoms with van der Waals surface area (Å²) in [7, 11) is 0. The number of aryl methyl sites for hydroxylation is 1. The summed E-state index contributed by atoms with van der Waals surface area (Å²) in [6.45, 7) is 7.24. The Morgan fingerprint density at radius 1 is 1.12 bits per heavy atom. The molecule has 4 heteroatoms. The first-order valence-electron chi connectivity index (χ1n) is 9.73. The number of nitrogens with zero attached hydrogens (tertiary/aromatic N) is 3. The molecular formula is C22H27N3O. The van der Waals surface area contributed by atoms with Crippen molar-refractivity contribution in [3.8, 4) is 17.0 Å². The van der Waals surface area contributed by atoms with Gasteiger partial charge in [-0.15, -0.1) is 0 Å². The first kappa shape index (κ1) is 17.0. The van der Waals surface area contributed by atoms with Crippen LogP contribution < -0.4 is 9.64 Å². The zero-order chi connectivity index (χ0) is 17.9. The highest BCUT2D eigenvalue weighted by atomic mass is 16.5. The Balaban J connectivity index is 1.74. The van der Waals surface area contributed by atoms with Gasteiger partial charge >= 0.3 is 0 Å². The lowest BCUT2D eigenvalue weighted by Crippen LogP contribution is -2.29. The summed E-state index contributed by atoms with van der Waals surface area (Å²) in [5.41, 5.74) is 5.49. The smallest absolute Gasteiger partial charge is 0.140 e. The molecule has 4 rings (SSSR count). The van der Waals surface area contributed by atoms with Gasteiger partial charge < -0.3 is 14.0 Å². The second kappa shape index (κ2) is 7.40. The van der Waals surface area contributed by atoms with Crippen LogP contribution in [0.25, 0.3) is 16.9 Å². The fourth-order valence-electron chi connectivity index (χ4n) is 3.69. The number of hydrogen-bond donors (Lipinski definition) is 0. The number of piperidine rings is 1. The third kappa shape index (κ3) is 3.28. The summed E-state index contributed by atoms with van der Waals surface area (Å²) in [6, 6.07) is 10.7. The molecule has 1 saturated heterocycles. The van der Waals surface area contributed by atoms with E-state index in [-0.39, 0.29) is 0 Å². The molecule has 0 spiro atoms. The number of rotatable bonds is 5. The minimum atomic E-state index is 0.725. The molecular weight excluding hydrogens is 322 g/mol. The lowest BCUT2D eigenvalue weighted by molar-refractivity contribution is 0.318. The van der Waals surface area contributed by atoms with Gasteiger partial charge in [0.05, 0.1) is 12.3 Å². The van der Waals surface area contributed by atoms with Gasteiger partial charge in [0, 0.05) is 42.8 Å². The van der Waals surface area contributed by atoms with E-state index in [2.05, 4.69) is 59.7 Å². The molecule has 4 nitrogen and oxygen atoms in total. The molecule has 1 aromatic carbocycles. The molecule has 0 aliphatic carbocycles. The average molecular weight is 349 g/mol. The van der Waals surface area contributed by atoms with Crippen LogP contribution in [-0.2, 0) is 0 Å². The van der Waals surface area contributed by atoms with Gasteiger partial charge in [-0.3, -0.25) is 0 Å². The zero-order valence-corrected chi connectivity index (χ0v) is 15.7. The van der Waals surface area contributed by atoms with Crippen LogP contribution in [-0.4, -0.2) is 29.1 Å². The largest absolute Gasteiger partial charge is 0.493 e. The second-order valence-electron chi connectivity index (χ2n) is 7.12. The Morgan fingerprint density at radius 2 is 1.96 bits per heavy atom. The molecule has 3 aromatic rings. The van der Waals surface area contributed by atoms with Crippen LogP contribution >= 0.6 is 0 Å². The van der Waals surface area contributed by atoms with Gasteiger partial charge in [0.15, 0.2) is 0 Å². The molecule has 0 atom stereocenters. The van der Waals surface area contributed by atoms with Gasteiger partial charge in [0.1, 0.15) is 11.4 Å². The minimum Gasteiger partial charge on any atom is -0.493 e. The summed E-state index contributed by atoms with van der Waals surface area (Å²) < 4.78 is 8.21. The monoisotopic (exact) mass is 349 g/mol. The maximum atomic E-state index is 6.12. The molecule has 1 aliphatic rings. The number of anilines is 1. The SMILES string of the molecule is CCCOc1cc(N2CCCCC2)ccc1-c1cn2cccc(C)c2n1. The predicted octanol–water partition coefficient (Wildman–Crippen LogP) is 5.09. The molecule has 0 radical (unpaired) electrons. The van der Waals surface area contributed by atoms with Gasteiger partial charge in [0.2, 0.25) is 0 Å². The normalized spacial score (nSPS) is 14.8. The van der Waals surface area contributed by atoms with Crippen molar-refractivity contribution in [3.63, 3.8) is 0 Å². The summed E-state index contributed by atoms with van der Waals surface area (Å²) >= 11 is 0. The van der Waals surface area contributed by atoms with Gasteiger partial charge in [-0.1, -0.05) is 13.0 Å². The van der Waals surface area contributed by atoms with E-state index in [1.165, 1.54) is 30.5 Å². The Kier molecular flexibility index (Phi) is 4.83. The maximum Gasteiger partial charge on any atom is 0.140 e. The zero-order valence-electron chi connectivity index (χ0n) is 15.7. The Bertz CT molecular complexity index is 894. The third-order valence-electron chi connectivity index (χ3n) is 5.10. The van der Waals surface area contributed by atoms with Crippen molar-refractivity contribution in [2.75, 3.05) is 24.6 Å². The van der Waals surface area contributed by atoms with Gasteiger partial charge in [0.25, 0.3) is 0 Å². The molecule has 136 valence electrons. The van der Waals surface area contributed by atoms with Crippen LogP contribution in [0.1, 0.15) is 38.2 Å². The fraction of sp³-hybridized carbons (Fsp3) is 0.409. The molecule has 26 heavy (non-hydrogen) atoms. The van der Waals surface area contributed by atoms with E-state index >= 15 is 0 Å². The van der Waals surface area contributed by atoms with Crippen LogP contribution in [0.5, 0.6) is 5.75 Å². The molecule has 1 fully saturated rings. The topological polar surface area (TPSA) is 29.8 Å². The van der Waals surface area contributed by atoms with E-state index in [1.807, 2.05) is 6.20 Å². The number of imidazole rings is 1. The standard InChI is InChI=1S/C22H27N3O/c1-3-14-26-21-15-18(24-11-5-4-6-12-24)9-10-19(21)20-16-25-13-7-8-17(2)22(25)23-20/h7-10,13,15-16H,3-6,11-12,14H2,1-2H3. The van der Waals surface area contributed by atoms with Gasteiger partial charge in [-0.25, -0.2) is 4.98 Å². The van der Waals surface area contributed by atoms with Crippen molar-refractivity contribution < 1.29 is 4.74 Å². The van der Waals surface area contributed by atoms with Crippen LogP contribution in [0.15, 0.2) is 42.7 Å². The molecule has 3 heterocycles. The summed E-state index contributed by atoms with van der Waals surface area (Å²) in [5.74, 6) is 0.941. The van der Waals surface area contributed by atoms with E-state index in [4.69, 9.17) is 9.72 Å². The van der Waals surface area contributed by atoms with Crippen LogP contribution in [0.2, 0.25) is 0 Å². The lowest BCUT2D eigenvalue weighted by atomic mass is 10.1. The van der Waals surface area contributed by atoms with Crippen molar-refractivity contribution in [1.82, 2.24) is 9.38 Å². The van der Waals surface area contributed by atoms with E-state index in [1.54, 1.807) is 0 Å². The van der Waals surface area contributed by atoms with E-state index in [9.17, 15) is 0 Å².